The molecule has 1 aromatic carbocycles. The summed E-state index contributed by atoms with van der Waals surface area (Å²) >= 11 is 1.56. The summed E-state index contributed by atoms with van der Waals surface area (Å²) in [7, 11) is 0. The van der Waals surface area contributed by atoms with Crippen LogP contribution in [0.5, 0.6) is 0 Å². The molecule has 0 bridgehead atoms. The topological polar surface area (TPSA) is 54.5 Å². The molecular formula is C15H12N4S. The van der Waals surface area contributed by atoms with Crippen molar-refractivity contribution in [1.29, 1.82) is 5.26 Å². The van der Waals surface area contributed by atoms with Gasteiger partial charge in [-0.05, 0) is 32.0 Å². The highest BCUT2D eigenvalue weighted by Crippen LogP contribution is 2.25. The monoisotopic (exact) mass is 280 g/mol. The first-order valence-corrected chi connectivity index (χ1v) is 7.05. The lowest BCUT2D eigenvalue weighted by Gasteiger charge is -1.98. The van der Waals surface area contributed by atoms with Crippen molar-refractivity contribution in [2.24, 2.45) is 0 Å². The highest BCUT2D eigenvalue weighted by molar-refractivity contribution is 7.12. The maximum Gasteiger partial charge on any atom is 0.211 e. The zero-order chi connectivity index (χ0) is 14.1. The summed E-state index contributed by atoms with van der Waals surface area (Å²) in [6, 6.07) is 11.6. The van der Waals surface area contributed by atoms with Gasteiger partial charge in [-0.1, -0.05) is 12.1 Å². The van der Waals surface area contributed by atoms with Gasteiger partial charge in [-0.2, -0.15) is 10.4 Å². The fourth-order valence-electron chi connectivity index (χ4n) is 2.03. The van der Waals surface area contributed by atoms with Crippen LogP contribution in [0.1, 0.15) is 17.0 Å². The van der Waals surface area contributed by atoms with Crippen molar-refractivity contribution < 1.29 is 0 Å². The van der Waals surface area contributed by atoms with Crippen molar-refractivity contribution in [3.63, 3.8) is 0 Å². The smallest absolute Gasteiger partial charge is 0.211 e. The van der Waals surface area contributed by atoms with Crippen LogP contribution in [0.25, 0.3) is 16.4 Å². The maximum absolute atomic E-state index is 8.81. The van der Waals surface area contributed by atoms with Crippen LogP contribution in [0.4, 0.5) is 0 Å². The predicted molar refractivity (Wildman–Crippen MR) is 78.9 cm³/mol. The molecule has 0 aliphatic carbocycles. The van der Waals surface area contributed by atoms with Gasteiger partial charge in [0.2, 0.25) is 5.13 Å². The molecule has 0 radical (unpaired) electrons. The van der Waals surface area contributed by atoms with Crippen LogP contribution < -0.4 is 0 Å². The van der Waals surface area contributed by atoms with Gasteiger partial charge < -0.3 is 0 Å². The van der Waals surface area contributed by atoms with Crippen LogP contribution >= 0.6 is 11.3 Å². The summed E-state index contributed by atoms with van der Waals surface area (Å²) in [4.78, 5) is 4.62. The Morgan fingerprint density at radius 1 is 1.20 bits per heavy atom. The van der Waals surface area contributed by atoms with E-state index in [9.17, 15) is 0 Å². The molecule has 0 unspecified atom stereocenters. The Morgan fingerprint density at radius 3 is 2.55 bits per heavy atom. The normalized spacial score (nSPS) is 10.4. The maximum atomic E-state index is 8.81. The largest absolute Gasteiger partial charge is 0.218 e. The first-order chi connectivity index (χ1) is 9.67. The molecule has 3 rings (SSSR count). The Balaban J connectivity index is 1.97. The molecular weight excluding hydrogens is 268 g/mol. The number of hydrogen-bond donors (Lipinski definition) is 0. The minimum atomic E-state index is 0.655. The molecule has 4 nitrogen and oxygen atoms in total. The lowest BCUT2D eigenvalue weighted by atomic mass is 10.1. The zero-order valence-electron chi connectivity index (χ0n) is 11.2. The average Bonchev–Trinajstić information content (AvgIpc) is 3.05. The molecule has 3 aromatic rings. The predicted octanol–water partition coefficient (Wildman–Crippen LogP) is 3.48. The lowest BCUT2D eigenvalue weighted by molar-refractivity contribution is 0.826. The summed E-state index contributed by atoms with van der Waals surface area (Å²) in [6.07, 6.45) is 0. The third kappa shape index (κ3) is 2.22. The molecule has 2 heterocycles. The molecule has 2 aromatic heterocycles. The molecule has 0 fully saturated rings. The molecule has 20 heavy (non-hydrogen) atoms. The molecule has 0 N–H and O–H groups in total. The Hall–Kier alpha value is -2.45. The summed E-state index contributed by atoms with van der Waals surface area (Å²) < 4.78 is 1.85. The van der Waals surface area contributed by atoms with E-state index in [4.69, 9.17) is 5.26 Å². The lowest BCUT2D eigenvalue weighted by Crippen LogP contribution is -1.98. The van der Waals surface area contributed by atoms with Crippen LogP contribution in [0.15, 0.2) is 35.7 Å². The molecule has 98 valence electrons. The van der Waals surface area contributed by atoms with Gasteiger partial charge >= 0.3 is 0 Å². The molecule has 0 saturated carbocycles. The average molecular weight is 280 g/mol. The number of hydrogen-bond acceptors (Lipinski definition) is 4. The second-order valence-corrected chi connectivity index (χ2v) is 5.38. The quantitative estimate of drug-likeness (QED) is 0.722. The van der Waals surface area contributed by atoms with E-state index in [1.807, 2.05) is 42.1 Å². The zero-order valence-corrected chi connectivity index (χ0v) is 12.0. The second kappa shape index (κ2) is 4.91. The number of thiazole rings is 1. The van der Waals surface area contributed by atoms with E-state index in [1.165, 1.54) is 0 Å². The number of aryl methyl sites for hydroxylation is 2. The van der Waals surface area contributed by atoms with Gasteiger partial charge in [0.15, 0.2) is 0 Å². The number of rotatable bonds is 2. The Labute approximate surface area is 121 Å². The second-order valence-electron chi connectivity index (χ2n) is 4.54. The third-order valence-corrected chi connectivity index (χ3v) is 3.81. The van der Waals surface area contributed by atoms with E-state index in [2.05, 4.69) is 16.2 Å². The minimum Gasteiger partial charge on any atom is -0.218 e. The van der Waals surface area contributed by atoms with Crippen molar-refractivity contribution >= 4 is 11.3 Å². The van der Waals surface area contributed by atoms with Crippen molar-refractivity contribution in [3.05, 3.63) is 52.7 Å². The van der Waals surface area contributed by atoms with Crippen molar-refractivity contribution in [3.8, 4) is 22.5 Å². The van der Waals surface area contributed by atoms with Crippen LogP contribution in [0, 0.1) is 25.2 Å². The van der Waals surface area contributed by atoms with Gasteiger partial charge in [0.25, 0.3) is 0 Å². The third-order valence-electron chi connectivity index (χ3n) is 2.99. The fraction of sp³-hybridized carbons (Fsp3) is 0.133. The number of nitriles is 1. The number of benzene rings is 1. The van der Waals surface area contributed by atoms with Gasteiger partial charge in [-0.3, -0.25) is 0 Å². The summed E-state index contributed by atoms with van der Waals surface area (Å²) in [6.45, 7) is 3.99. The van der Waals surface area contributed by atoms with E-state index < -0.39 is 0 Å². The van der Waals surface area contributed by atoms with Crippen LogP contribution in [0.2, 0.25) is 0 Å². The van der Waals surface area contributed by atoms with Crippen LogP contribution in [0.3, 0.4) is 0 Å². The SMILES string of the molecule is Cc1cc(C)n(-c2nc(-c3ccc(C#N)cc3)cs2)n1. The highest BCUT2D eigenvalue weighted by atomic mass is 32.1. The van der Waals surface area contributed by atoms with E-state index >= 15 is 0 Å². The Morgan fingerprint density at radius 2 is 1.95 bits per heavy atom. The summed E-state index contributed by atoms with van der Waals surface area (Å²) in [5.41, 5.74) is 4.62. The standard InChI is InChI=1S/C15H12N4S/c1-10-7-11(2)19(18-10)15-17-14(9-20-15)13-5-3-12(8-16)4-6-13/h3-7,9H,1-2H3. The summed E-state index contributed by atoms with van der Waals surface area (Å²) in [5, 5.41) is 16.1. The first kappa shape index (κ1) is 12.6. The molecule has 0 atom stereocenters. The first-order valence-electron chi connectivity index (χ1n) is 6.17. The summed E-state index contributed by atoms with van der Waals surface area (Å²) in [5.74, 6) is 0. The molecule has 0 spiro atoms. The minimum absolute atomic E-state index is 0.655. The van der Waals surface area contributed by atoms with Crippen LogP contribution in [-0.2, 0) is 0 Å². The Bertz CT molecular complexity index is 790. The molecule has 0 aliphatic rings. The molecule has 0 amide bonds. The van der Waals surface area contributed by atoms with Gasteiger partial charge in [0, 0.05) is 16.6 Å². The highest BCUT2D eigenvalue weighted by Gasteiger charge is 2.09. The Kier molecular flexibility index (Phi) is 3.09. The van der Waals surface area contributed by atoms with Gasteiger partial charge in [-0.15, -0.1) is 11.3 Å². The number of aromatic nitrogens is 3. The van der Waals surface area contributed by atoms with Gasteiger partial charge in [0.05, 0.1) is 23.0 Å². The van der Waals surface area contributed by atoms with Gasteiger partial charge in [0.1, 0.15) is 0 Å². The van der Waals surface area contributed by atoms with E-state index in [-0.39, 0.29) is 0 Å². The van der Waals surface area contributed by atoms with Crippen molar-refractivity contribution in [1.82, 2.24) is 14.8 Å². The fourth-order valence-corrected chi connectivity index (χ4v) is 2.87. The molecule has 0 saturated heterocycles. The molecule has 0 aliphatic heterocycles. The number of nitrogens with zero attached hydrogens (tertiary/aromatic N) is 4. The van der Waals surface area contributed by atoms with E-state index in [1.54, 1.807) is 23.5 Å². The van der Waals surface area contributed by atoms with E-state index in [0.29, 0.717) is 5.56 Å². The van der Waals surface area contributed by atoms with Gasteiger partial charge in [-0.25, -0.2) is 9.67 Å². The molecule has 5 heteroatoms. The van der Waals surface area contributed by atoms with Crippen molar-refractivity contribution in [2.75, 3.05) is 0 Å². The van der Waals surface area contributed by atoms with E-state index in [0.717, 1.165) is 27.8 Å². The van der Waals surface area contributed by atoms with Crippen LogP contribution in [-0.4, -0.2) is 14.8 Å². The van der Waals surface area contributed by atoms with Crippen molar-refractivity contribution in [2.45, 2.75) is 13.8 Å².